The normalized spacial score (nSPS) is 33.0. The maximum absolute atomic E-state index is 13.7. The third kappa shape index (κ3) is 11.1. The lowest BCUT2D eigenvalue weighted by Crippen LogP contribution is -2.76. The Bertz CT molecular complexity index is 4530. The highest BCUT2D eigenvalue weighted by atomic mass is 16.6. The number of Topliss-reactive ketones (excluding diaryl/α,β-unsaturated/α-hetero) is 1. The Morgan fingerprint density at radius 3 is 1.45 bits per heavy atom. The third-order valence-electron chi connectivity index (χ3n) is 25.3. The average molecular weight is 1480 g/mol. The summed E-state index contributed by atoms with van der Waals surface area (Å²) in [6.45, 7) is 12.5. The molecule has 17 rings (SSSR count). The molecule has 1 saturated carbocycles. The fourth-order valence-electron chi connectivity index (χ4n) is 20.2. The lowest BCUT2D eigenvalue weighted by Gasteiger charge is -2.62. The number of likely N-dealkylation sites (N-methyl/N-ethyl adjacent to an activating group) is 3. The number of piperidine rings is 3. The van der Waals surface area contributed by atoms with Crippen molar-refractivity contribution >= 4 is 59.5 Å². The van der Waals surface area contributed by atoms with E-state index in [1.54, 1.807) is 48.6 Å². The number of carboxylic acid groups (broad SMARTS) is 2. The number of aliphatic carboxylic acids is 2. The fraction of sp³-hybridized carbons (Fsp3) is 0.519. The zero-order chi connectivity index (χ0) is 76.8. The van der Waals surface area contributed by atoms with Gasteiger partial charge in [-0.05, 0) is 165 Å². The molecule has 568 valence electrons. The zero-order valence-corrected chi connectivity index (χ0v) is 60.9. The molecule has 28 heteroatoms. The maximum Gasteiger partial charge on any atom is 0.356 e. The van der Waals surface area contributed by atoms with E-state index in [1.807, 2.05) is 40.1 Å². The smallest absolute Gasteiger partial charge is 0.356 e. The number of hydrogen-bond donors (Lipinski definition) is 6. The number of cyclic esters (lactones) is 2. The minimum atomic E-state index is -1.82. The first kappa shape index (κ1) is 74.3. The molecule has 7 aliphatic heterocycles. The standard InChI is InChI=1S/C29H29NO9.C25H29NO8.C18H21NO3.C7H8O5/c1-15(31)37-24(26(33)34)21(16-6-4-3-5-7-16)27(35)38-19-10-11-29(36)20-14-17-8-9-18(32)23-22(17)28(29,25(19)39-23)12-13-30(20)2;1-12-5-6-15-11-17-25(31)8-7-16(33-23(30)13(2)20(22(28)29)32-14(3)27)21-24(25,9-10-26(17)4)18(15)19(12)34-21;1-10-3-4-11-9-13-18(21)6-5-12(20)16-17(18,7-8-19(13)2)14(11)15(10)22-16;1-3-5(11-4(2)8)7(10)12-6(3)9/h3-10,20-21,24-25,32,36H,11-14H2,1-2H3,(H,33,34);5-7,13,17,20-21,31H,8-11H2,1-4H3,(H,28,29);3-4,13,16,21H,5-9H2,1-2H3;3,5H,1-2H3/t20-,21-,24-,25+,28+,29-;13-,17-,20?,21+,24+,25-;13-,16+,17+,18-;3-,5-/m1111/s1. The Hall–Kier alpha value is -9.58. The number of aliphatic hydroxyl groups is 3. The Kier molecular flexibility index (Phi) is 18.5. The summed E-state index contributed by atoms with van der Waals surface area (Å²) < 4.78 is 49.3. The number of benzene rings is 4. The number of aryl methyl sites for hydroxylation is 2. The number of phenolic OH excluding ortho intramolecular Hbond substituents is 1. The highest BCUT2D eigenvalue weighted by Gasteiger charge is 2.75. The molecule has 5 fully saturated rings. The Labute approximate surface area is 615 Å². The molecular weight excluding hydrogens is 1390 g/mol. The van der Waals surface area contributed by atoms with Crippen LogP contribution in [0.1, 0.15) is 136 Å². The van der Waals surface area contributed by atoms with Gasteiger partial charge in [0.25, 0.3) is 0 Å². The zero-order valence-electron chi connectivity index (χ0n) is 60.9. The molecule has 107 heavy (non-hydrogen) atoms. The Morgan fingerprint density at radius 1 is 0.542 bits per heavy atom. The second-order valence-electron chi connectivity index (χ2n) is 30.9. The summed E-state index contributed by atoms with van der Waals surface area (Å²) >= 11 is 0. The van der Waals surface area contributed by atoms with Crippen molar-refractivity contribution in [2.45, 2.75) is 206 Å². The average Bonchev–Trinajstić information content (AvgIpc) is 1.58. The molecule has 6 aliphatic carbocycles. The van der Waals surface area contributed by atoms with E-state index >= 15 is 0 Å². The minimum Gasteiger partial charge on any atom is -0.504 e. The van der Waals surface area contributed by atoms with Gasteiger partial charge in [0.1, 0.15) is 40.8 Å². The molecule has 3 spiro atoms. The summed E-state index contributed by atoms with van der Waals surface area (Å²) in [4.78, 5) is 125. The summed E-state index contributed by atoms with van der Waals surface area (Å²) in [5.41, 5.74) is 3.13. The number of rotatable bonds is 12. The number of aromatic hydroxyl groups is 1. The van der Waals surface area contributed by atoms with Crippen LogP contribution in [0.15, 0.2) is 90.4 Å². The molecule has 6 bridgehead atoms. The fourth-order valence-corrected chi connectivity index (χ4v) is 20.2. The van der Waals surface area contributed by atoms with Crippen LogP contribution < -0.4 is 14.2 Å². The summed E-state index contributed by atoms with van der Waals surface area (Å²) in [6.07, 6.45) is 2.11. The van der Waals surface area contributed by atoms with Crippen LogP contribution in [0.25, 0.3) is 0 Å². The molecule has 4 aromatic rings. The van der Waals surface area contributed by atoms with Gasteiger partial charge in [-0.15, -0.1) is 0 Å². The topological polar surface area (TPSA) is 385 Å². The van der Waals surface area contributed by atoms with Crippen molar-refractivity contribution in [3.8, 4) is 23.0 Å². The number of phenols is 1. The molecule has 4 saturated heterocycles. The predicted molar refractivity (Wildman–Crippen MR) is 370 cm³/mol. The first-order valence-corrected chi connectivity index (χ1v) is 36.1. The van der Waals surface area contributed by atoms with Gasteiger partial charge < -0.3 is 88.0 Å². The van der Waals surface area contributed by atoms with Crippen molar-refractivity contribution in [2.75, 3.05) is 40.8 Å². The number of hydrogen-bond acceptors (Lipinski definition) is 26. The molecule has 7 heterocycles. The van der Waals surface area contributed by atoms with Crippen LogP contribution in [0.2, 0.25) is 0 Å². The second-order valence-corrected chi connectivity index (χ2v) is 30.9. The van der Waals surface area contributed by atoms with Crippen LogP contribution in [0.5, 0.6) is 23.0 Å². The van der Waals surface area contributed by atoms with Crippen molar-refractivity contribution < 1.29 is 121 Å². The molecule has 0 amide bonds. The van der Waals surface area contributed by atoms with Gasteiger partial charge in [-0.2, -0.15) is 0 Å². The van der Waals surface area contributed by atoms with E-state index in [0.29, 0.717) is 50.6 Å². The summed E-state index contributed by atoms with van der Waals surface area (Å²) in [5, 5.41) is 66.1. The van der Waals surface area contributed by atoms with Crippen molar-refractivity contribution in [1.29, 1.82) is 0 Å². The van der Waals surface area contributed by atoms with Gasteiger partial charge in [0.2, 0.25) is 18.3 Å². The SMILES string of the molecule is CC(=O)OC(C(=O)O)[C@@H](C)C(=O)OC1=CC[C@@]2(O)[C@H]3Cc4ccc(C)c5c4[C@@]2(CCN3C)[C@H]1O5.CC(=O)O[C@@H](C(=O)O)[C@H](C(=O)OC1=CC[C@@]2(O)[C@H]3Cc4ccc(O)c5c4[C@@]2(CCN3C)[C@H]1O5)c1ccccc1.CC(=O)O[C@H]1C(=O)OC(=O)[C@@H]1C.Cc1ccc2c3c1O[C@H]1C(=O)CC[C@@]4(O)[C@@H](C2)N(C)CC[C@]314. The van der Waals surface area contributed by atoms with Crippen molar-refractivity contribution in [2.24, 2.45) is 11.8 Å². The summed E-state index contributed by atoms with van der Waals surface area (Å²) in [7, 11) is 6.08. The lowest BCUT2D eigenvalue weighted by atomic mass is 9.49. The molecule has 13 aliphatic rings. The van der Waals surface area contributed by atoms with Gasteiger partial charge in [0, 0.05) is 74.8 Å². The van der Waals surface area contributed by atoms with Crippen LogP contribution in [-0.4, -0.2) is 217 Å². The number of carboxylic acids is 2. The minimum absolute atomic E-state index is 0.0640. The van der Waals surface area contributed by atoms with Gasteiger partial charge in [-0.25, -0.2) is 14.4 Å². The first-order chi connectivity index (χ1) is 50.6. The van der Waals surface area contributed by atoms with E-state index in [-0.39, 0.29) is 59.8 Å². The van der Waals surface area contributed by atoms with Crippen LogP contribution in [-0.2, 0) is 112 Å². The van der Waals surface area contributed by atoms with Crippen LogP contribution >= 0.6 is 0 Å². The number of esters is 7. The van der Waals surface area contributed by atoms with E-state index in [0.717, 1.165) is 90.2 Å². The molecule has 28 nitrogen and oxygen atoms in total. The number of carbonyl (C=O) groups excluding carboxylic acids is 8. The second kappa shape index (κ2) is 26.7. The highest BCUT2D eigenvalue weighted by molar-refractivity contribution is 5.99. The van der Waals surface area contributed by atoms with E-state index < -0.39 is 141 Å². The summed E-state index contributed by atoms with van der Waals surface area (Å²) in [6, 6.07) is 19.7. The van der Waals surface area contributed by atoms with E-state index in [1.165, 1.54) is 26.3 Å². The number of ether oxygens (including phenoxy) is 9. The van der Waals surface area contributed by atoms with Crippen molar-refractivity contribution in [1.82, 2.24) is 14.7 Å². The Morgan fingerprint density at radius 2 is 0.981 bits per heavy atom. The third-order valence-corrected chi connectivity index (χ3v) is 25.3. The molecule has 4 aromatic carbocycles. The summed E-state index contributed by atoms with van der Waals surface area (Å²) in [5.74, 6) is -9.42. The molecule has 6 N–H and O–H groups in total. The number of ketones is 1. The van der Waals surface area contributed by atoms with Crippen molar-refractivity contribution in [3.63, 3.8) is 0 Å². The number of carbonyl (C=O) groups is 10. The van der Waals surface area contributed by atoms with Gasteiger partial charge in [0.15, 0.2) is 35.6 Å². The highest BCUT2D eigenvalue weighted by Crippen LogP contribution is 2.68. The predicted octanol–water partition coefficient (Wildman–Crippen LogP) is 4.47. The monoisotopic (exact) mass is 1480 g/mol. The molecule has 1 unspecified atom stereocenters. The molecule has 0 aromatic heterocycles. The van der Waals surface area contributed by atoms with Crippen LogP contribution in [0, 0.1) is 25.7 Å². The van der Waals surface area contributed by atoms with Crippen molar-refractivity contribution in [3.05, 3.63) is 140 Å². The van der Waals surface area contributed by atoms with Crippen LogP contribution in [0.3, 0.4) is 0 Å². The van der Waals surface area contributed by atoms with Gasteiger partial charge in [-0.3, -0.25) is 33.6 Å². The van der Waals surface area contributed by atoms with E-state index in [2.05, 4.69) is 49.4 Å². The molecule has 0 radical (unpaired) electrons. The number of nitrogens with zero attached hydrogens (tertiary/aromatic N) is 3. The van der Waals surface area contributed by atoms with E-state index in [9.17, 15) is 78.6 Å². The van der Waals surface area contributed by atoms with Crippen LogP contribution in [0.4, 0.5) is 0 Å². The van der Waals surface area contributed by atoms with Gasteiger partial charge >= 0.3 is 53.7 Å². The van der Waals surface area contributed by atoms with Gasteiger partial charge in [-0.1, -0.05) is 60.7 Å². The Balaban J connectivity index is 0.000000128. The van der Waals surface area contributed by atoms with Gasteiger partial charge in [0.05, 0.1) is 33.0 Å². The quantitative estimate of drug-likeness (QED) is 0.0647. The first-order valence-electron chi connectivity index (χ1n) is 36.1. The van der Waals surface area contributed by atoms with E-state index in [4.69, 9.17) is 33.2 Å². The number of likely N-dealkylation sites (tertiary alicyclic amines) is 3. The molecule has 18 atom stereocenters. The maximum atomic E-state index is 13.7. The molecular formula is C79H87N3O25. The lowest BCUT2D eigenvalue weighted by molar-refractivity contribution is -0.185. The largest absolute Gasteiger partial charge is 0.504 e.